The van der Waals surface area contributed by atoms with Crippen LogP contribution >= 0.6 is 23.1 Å². The maximum Gasteiger partial charge on any atom is 0.276 e. The maximum atomic E-state index is 13.2. The van der Waals surface area contributed by atoms with Crippen LogP contribution in [0.2, 0.25) is 0 Å². The molecule has 154 valence electrons. The van der Waals surface area contributed by atoms with Crippen LogP contribution in [0.5, 0.6) is 0 Å². The zero-order valence-corrected chi connectivity index (χ0v) is 18.5. The first kappa shape index (κ1) is 19.7. The van der Waals surface area contributed by atoms with Crippen LogP contribution in [0.25, 0.3) is 27.3 Å². The molecule has 0 aliphatic heterocycles. The van der Waals surface area contributed by atoms with Crippen LogP contribution in [0.3, 0.4) is 0 Å². The summed E-state index contributed by atoms with van der Waals surface area (Å²) in [5, 5.41) is 6.57. The molecule has 6 nitrogen and oxygen atoms in total. The third kappa shape index (κ3) is 3.92. The molecule has 0 amide bonds. The molecule has 0 aliphatic rings. The van der Waals surface area contributed by atoms with Crippen molar-refractivity contribution in [2.75, 3.05) is 0 Å². The SMILES string of the molecule is Cc1ccc(-c2noc(CSc3nc4ccsc4c(=O)n3-c3ccc(C)cc3)n2)cc1. The molecule has 5 rings (SSSR count). The number of aryl methyl sites for hydroxylation is 2. The molecule has 8 heteroatoms. The molecular formula is C23H18N4O2S2. The van der Waals surface area contributed by atoms with E-state index in [1.165, 1.54) is 28.7 Å². The average molecular weight is 447 g/mol. The van der Waals surface area contributed by atoms with Crippen molar-refractivity contribution in [3.8, 4) is 17.1 Å². The van der Waals surface area contributed by atoms with Crippen molar-refractivity contribution in [2.45, 2.75) is 24.8 Å². The van der Waals surface area contributed by atoms with E-state index >= 15 is 0 Å². The first-order valence-electron chi connectivity index (χ1n) is 9.68. The zero-order valence-electron chi connectivity index (χ0n) is 16.9. The molecule has 0 atom stereocenters. The van der Waals surface area contributed by atoms with Gasteiger partial charge in [0.15, 0.2) is 5.16 Å². The molecule has 0 bridgehead atoms. The number of hydrogen-bond donors (Lipinski definition) is 0. The summed E-state index contributed by atoms with van der Waals surface area (Å²) in [4.78, 5) is 22.4. The van der Waals surface area contributed by atoms with E-state index in [-0.39, 0.29) is 5.56 Å². The third-order valence-corrected chi connectivity index (χ3v) is 6.66. The van der Waals surface area contributed by atoms with Crippen molar-refractivity contribution in [3.05, 3.63) is 87.3 Å². The van der Waals surface area contributed by atoms with Crippen LogP contribution in [-0.2, 0) is 5.75 Å². The summed E-state index contributed by atoms with van der Waals surface area (Å²) in [6, 6.07) is 17.7. The second kappa shape index (κ2) is 8.13. The number of hydrogen-bond acceptors (Lipinski definition) is 7. The van der Waals surface area contributed by atoms with Crippen LogP contribution in [0.1, 0.15) is 17.0 Å². The summed E-state index contributed by atoms with van der Waals surface area (Å²) in [6.45, 7) is 4.05. The number of rotatable bonds is 5. The van der Waals surface area contributed by atoms with Crippen molar-refractivity contribution in [1.82, 2.24) is 19.7 Å². The highest BCUT2D eigenvalue weighted by Crippen LogP contribution is 2.27. The Bertz CT molecular complexity index is 1420. The molecule has 0 fully saturated rings. The van der Waals surface area contributed by atoms with Gasteiger partial charge in [-0.05, 0) is 37.4 Å². The summed E-state index contributed by atoms with van der Waals surface area (Å²) < 4.78 is 7.74. The van der Waals surface area contributed by atoms with Gasteiger partial charge in [-0.1, -0.05) is 64.4 Å². The Kier molecular flexibility index (Phi) is 5.17. The van der Waals surface area contributed by atoms with Crippen molar-refractivity contribution in [1.29, 1.82) is 0 Å². The summed E-state index contributed by atoms with van der Waals surface area (Å²) in [6.07, 6.45) is 0. The number of fused-ring (bicyclic) bond motifs is 1. The van der Waals surface area contributed by atoms with E-state index in [1.807, 2.05) is 73.8 Å². The Hall–Kier alpha value is -3.23. The molecule has 0 unspecified atom stereocenters. The molecule has 0 saturated heterocycles. The maximum absolute atomic E-state index is 13.2. The van der Waals surface area contributed by atoms with E-state index < -0.39 is 0 Å². The lowest BCUT2D eigenvalue weighted by Gasteiger charge is -2.11. The van der Waals surface area contributed by atoms with E-state index in [0.717, 1.165) is 16.8 Å². The Morgan fingerprint density at radius 1 is 0.968 bits per heavy atom. The minimum atomic E-state index is -0.0720. The highest BCUT2D eigenvalue weighted by molar-refractivity contribution is 7.98. The molecule has 0 radical (unpaired) electrons. The molecule has 0 spiro atoms. The van der Waals surface area contributed by atoms with Crippen molar-refractivity contribution in [3.63, 3.8) is 0 Å². The Morgan fingerprint density at radius 2 is 1.68 bits per heavy atom. The van der Waals surface area contributed by atoms with Crippen LogP contribution in [0, 0.1) is 13.8 Å². The van der Waals surface area contributed by atoms with Gasteiger partial charge in [0, 0.05) is 5.56 Å². The summed E-state index contributed by atoms with van der Waals surface area (Å²) in [7, 11) is 0. The van der Waals surface area contributed by atoms with E-state index in [2.05, 4.69) is 10.1 Å². The standard InChI is InChI=1S/C23H18N4O2S2/c1-14-3-7-16(8-4-14)21-25-19(29-26-21)13-31-23-24-18-11-12-30-20(18)22(28)27(23)17-9-5-15(2)6-10-17/h3-12H,13H2,1-2H3. The Balaban J connectivity index is 1.48. The van der Waals surface area contributed by atoms with Gasteiger partial charge in [0.2, 0.25) is 11.7 Å². The molecule has 0 aliphatic carbocycles. The molecule has 5 aromatic rings. The highest BCUT2D eigenvalue weighted by Gasteiger charge is 2.16. The smallest absolute Gasteiger partial charge is 0.276 e. The van der Waals surface area contributed by atoms with Gasteiger partial charge in [0.05, 0.1) is 17.0 Å². The van der Waals surface area contributed by atoms with Crippen LogP contribution in [0.4, 0.5) is 0 Å². The molecular weight excluding hydrogens is 428 g/mol. The van der Waals surface area contributed by atoms with Crippen LogP contribution < -0.4 is 5.56 Å². The summed E-state index contributed by atoms with van der Waals surface area (Å²) >= 11 is 2.81. The lowest BCUT2D eigenvalue weighted by Crippen LogP contribution is -2.20. The number of aromatic nitrogens is 4. The number of nitrogens with zero attached hydrogens (tertiary/aromatic N) is 4. The fraction of sp³-hybridized carbons (Fsp3) is 0.130. The molecule has 3 aromatic heterocycles. The third-order valence-electron chi connectivity index (χ3n) is 4.84. The van der Waals surface area contributed by atoms with Gasteiger partial charge in [0.1, 0.15) is 4.70 Å². The van der Waals surface area contributed by atoms with Gasteiger partial charge in [-0.25, -0.2) is 4.98 Å². The molecule has 0 saturated carbocycles. The minimum absolute atomic E-state index is 0.0720. The van der Waals surface area contributed by atoms with E-state index in [1.54, 1.807) is 4.57 Å². The fourth-order valence-electron chi connectivity index (χ4n) is 3.17. The predicted octanol–water partition coefficient (Wildman–Crippen LogP) is 5.41. The van der Waals surface area contributed by atoms with E-state index in [4.69, 9.17) is 9.51 Å². The normalized spacial score (nSPS) is 11.3. The summed E-state index contributed by atoms with van der Waals surface area (Å²) in [5.41, 5.74) is 4.62. The Labute approximate surface area is 186 Å². The lowest BCUT2D eigenvalue weighted by atomic mass is 10.1. The molecule has 3 heterocycles. The minimum Gasteiger partial charge on any atom is -0.338 e. The number of thioether (sulfide) groups is 1. The van der Waals surface area contributed by atoms with Crippen molar-refractivity contribution in [2.24, 2.45) is 0 Å². The van der Waals surface area contributed by atoms with E-state index in [9.17, 15) is 4.79 Å². The molecule has 2 aromatic carbocycles. The lowest BCUT2D eigenvalue weighted by molar-refractivity contribution is 0.391. The second-order valence-electron chi connectivity index (χ2n) is 7.17. The predicted molar refractivity (Wildman–Crippen MR) is 124 cm³/mol. The summed E-state index contributed by atoms with van der Waals surface area (Å²) in [5.74, 6) is 1.44. The van der Waals surface area contributed by atoms with Crippen LogP contribution in [0.15, 0.2) is 74.5 Å². The van der Waals surface area contributed by atoms with Crippen molar-refractivity contribution < 1.29 is 4.52 Å². The Morgan fingerprint density at radius 3 is 2.42 bits per heavy atom. The average Bonchev–Trinajstić information content (AvgIpc) is 3.44. The van der Waals surface area contributed by atoms with Gasteiger partial charge in [-0.2, -0.15) is 4.98 Å². The quantitative estimate of drug-likeness (QED) is 0.266. The van der Waals surface area contributed by atoms with Gasteiger partial charge in [-0.15, -0.1) is 11.3 Å². The first-order valence-corrected chi connectivity index (χ1v) is 11.5. The topological polar surface area (TPSA) is 73.8 Å². The molecule has 0 N–H and O–H groups in total. The second-order valence-corrected chi connectivity index (χ2v) is 9.03. The van der Waals surface area contributed by atoms with Gasteiger partial charge < -0.3 is 4.52 Å². The van der Waals surface area contributed by atoms with E-state index in [0.29, 0.717) is 32.8 Å². The van der Waals surface area contributed by atoms with Gasteiger partial charge in [-0.3, -0.25) is 9.36 Å². The fourth-order valence-corrected chi connectivity index (χ4v) is 4.78. The monoisotopic (exact) mass is 446 g/mol. The first-order chi connectivity index (χ1) is 15.1. The largest absolute Gasteiger partial charge is 0.338 e. The van der Waals surface area contributed by atoms with Crippen molar-refractivity contribution >= 4 is 33.3 Å². The number of thiophene rings is 1. The molecule has 31 heavy (non-hydrogen) atoms. The highest BCUT2D eigenvalue weighted by atomic mass is 32.2. The van der Waals surface area contributed by atoms with Gasteiger partial charge in [0.25, 0.3) is 5.56 Å². The zero-order chi connectivity index (χ0) is 21.4. The van der Waals surface area contributed by atoms with Crippen LogP contribution in [-0.4, -0.2) is 19.7 Å². The van der Waals surface area contributed by atoms with Gasteiger partial charge >= 0.3 is 0 Å². The number of benzene rings is 2.